The van der Waals surface area contributed by atoms with Crippen LogP contribution >= 0.6 is 23.2 Å². The molecule has 0 bridgehead atoms. The number of hydrogen-bond donors (Lipinski definition) is 1. The van der Waals surface area contributed by atoms with E-state index < -0.39 is 0 Å². The van der Waals surface area contributed by atoms with E-state index in [2.05, 4.69) is 12.2 Å². The van der Waals surface area contributed by atoms with Gasteiger partial charge in [0.2, 0.25) is 5.91 Å². The zero-order chi connectivity index (χ0) is 14.5. The van der Waals surface area contributed by atoms with E-state index in [-0.39, 0.29) is 11.8 Å². The summed E-state index contributed by atoms with van der Waals surface area (Å²) in [6, 6.07) is 5.48. The maximum absolute atomic E-state index is 12.2. The highest BCUT2D eigenvalue weighted by Gasteiger charge is 2.19. The number of nitrogens with zero attached hydrogens (tertiary/aromatic N) is 1. The highest BCUT2D eigenvalue weighted by Crippen LogP contribution is 2.24. The number of amides is 1. The Morgan fingerprint density at radius 1 is 1.35 bits per heavy atom. The molecule has 5 heteroatoms. The predicted molar refractivity (Wildman–Crippen MR) is 83.4 cm³/mol. The number of carbonyl (C=O) groups excluding carboxylic acids is 1. The van der Waals surface area contributed by atoms with Gasteiger partial charge < -0.3 is 10.2 Å². The molecule has 1 aromatic carbocycles. The number of rotatable bonds is 4. The van der Waals surface area contributed by atoms with Crippen molar-refractivity contribution in [3.05, 3.63) is 33.8 Å². The average Bonchev–Trinajstić information content (AvgIpc) is 2.43. The predicted octanol–water partition coefficient (Wildman–Crippen LogP) is 2.99. The van der Waals surface area contributed by atoms with Gasteiger partial charge in [0.05, 0.1) is 0 Å². The maximum atomic E-state index is 12.2. The van der Waals surface area contributed by atoms with Crippen molar-refractivity contribution in [1.82, 2.24) is 10.2 Å². The Morgan fingerprint density at radius 3 is 2.75 bits per heavy atom. The van der Waals surface area contributed by atoms with E-state index in [1.165, 1.54) is 0 Å². The molecule has 1 aliphatic rings. The highest BCUT2D eigenvalue weighted by molar-refractivity contribution is 6.33. The number of piperazine rings is 1. The van der Waals surface area contributed by atoms with Crippen molar-refractivity contribution in [2.75, 3.05) is 26.2 Å². The molecule has 1 unspecified atom stereocenters. The first-order valence-electron chi connectivity index (χ1n) is 6.98. The van der Waals surface area contributed by atoms with E-state index in [1.807, 2.05) is 17.0 Å². The van der Waals surface area contributed by atoms with Crippen molar-refractivity contribution in [2.24, 2.45) is 5.92 Å². The van der Waals surface area contributed by atoms with Crippen LogP contribution < -0.4 is 5.32 Å². The van der Waals surface area contributed by atoms with Crippen LogP contribution in [0.2, 0.25) is 10.0 Å². The van der Waals surface area contributed by atoms with Gasteiger partial charge in [-0.3, -0.25) is 4.79 Å². The van der Waals surface area contributed by atoms with Gasteiger partial charge in [0.15, 0.2) is 0 Å². The topological polar surface area (TPSA) is 32.3 Å². The molecule has 110 valence electrons. The van der Waals surface area contributed by atoms with Crippen molar-refractivity contribution in [2.45, 2.75) is 19.8 Å². The molecule has 1 heterocycles. The molecule has 0 saturated carbocycles. The van der Waals surface area contributed by atoms with E-state index in [0.717, 1.165) is 43.2 Å². The largest absolute Gasteiger partial charge is 0.340 e. The lowest BCUT2D eigenvalue weighted by Gasteiger charge is -2.28. The first-order valence-corrected chi connectivity index (χ1v) is 7.74. The van der Waals surface area contributed by atoms with Gasteiger partial charge in [0, 0.05) is 42.6 Å². The summed E-state index contributed by atoms with van der Waals surface area (Å²) in [5.41, 5.74) is 1.01. The molecule has 1 saturated heterocycles. The molecule has 1 fully saturated rings. The van der Waals surface area contributed by atoms with Crippen LogP contribution in [-0.2, 0) is 11.2 Å². The summed E-state index contributed by atoms with van der Waals surface area (Å²) in [5, 5.41) is 4.65. The molecule has 1 aromatic rings. The van der Waals surface area contributed by atoms with Crippen LogP contribution in [0.4, 0.5) is 0 Å². The number of nitrogens with one attached hydrogen (secondary N) is 1. The van der Waals surface area contributed by atoms with Gasteiger partial charge in [-0.05, 0) is 36.1 Å². The van der Waals surface area contributed by atoms with Gasteiger partial charge in [-0.1, -0.05) is 30.1 Å². The molecule has 2 rings (SSSR count). The number of halogens is 2. The minimum absolute atomic E-state index is 0.233. The van der Waals surface area contributed by atoms with Crippen LogP contribution in [0.1, 0.15) is 18.9 Å². The summed E-state index contributed by atoms with van der Waals surface area (Å²) in [6.07, 6.45) is 1.33. The van der Waals surface area contributed by atoms with E-state index in [9.17, 15) is 4.79 Å². The average molecular weight is 315 g/mol. The van der Waals surface area contributed by atoms with Crippen molar-refractivity contribution < 1.29 is 4.79 Å². The Hall–Kier alpha value is -0.770. The third kappa shape index (κ3) is 4.37. The Bertz CT molecular complexity index is 473. The standard InChI is InChI=1S/C15H20Cl2N2O/c1-11(8-12-10-13(16)2-3-14(12)17)9-15(20)19-6-4-18-5-7-19/h2-3,10-11,18H,4-9H2,1H3. The fraction of sp³-hybridized carbons (Fsp3) is 0.533. The summed E-state index contributed by atoms with van der Waals surface area (Å²) < 4.78 is 0. The fourth-order valence-electron chi connectivity index (χ4n) is 2.49. The Balaban J connectivity index is 1.89. The molecule has 0 radical (unpaired) electrons. The molecule has 1 amide bonds. The van der Waals surface area contributed by atoms with Gasteiger partial charge in [-0.25, -0.2) is 0 Å². The van der Waals surface area contributed by atoms with Gasteiger partial charge in [0.25, 0.3) is 0 Å². The SMILES string of the molecule is CC(CC(=O)N1CCNCC1)Cc1cc(Cl)ccc1Cl. The first kappa shape index (κ1) is 15.6. The molecule has 0 spiro atoms. The maximum Gasteiger partial charge on any atom is 0.222 e. The van der Waals surface area contributed by atoms with Gasteiger partial charge in [-0.2, -0.15) is 0 Å². The molecule has 1 atom stereocenters. The van der Waals surface area contributed by atoms with Crippen LogP contribution in [0.5, 0.6) is 0 Å². The third-order valence-electron chi connectivity index (χ3n) is 3.57. The number of benzene rings is 1. The van der Waals surface area contributed by atoms with Crippen LogP contribution in [0.3, 0.4) is 0 Å². The van der Waals surface area contributed by atoms with Crippen molar-refractivity contribution in [3.8, 4) is 0 Å². The van der Waals surface area contributed by atoms with E-state index in [4.69, 9.17) is 23.2 Å². The summed E-state index contributed by atoms with van der Waals surface area (Å²) in [6.45, 7) is 5.48. The van der Waals surface area contributed by atoms with E-state index >= 15 is 0 Å². The highest BCUT2D eigenvalue weighted by atomic mass is 35.5. The fourth-order valence-corrected chi connectivity index (χ4v) is 2.88. The van der Waals surface area contributed by atoms with Crippen LogP contribution in [-0.4, -0.2) is 37.0 Å². The summed E-state index contributed by atoms with van der Waals surface area (Å²) in [5.74, 6) is 0.491. The smallest absolute Gasteiger partial charge is 0.222 e. The van der Waals surface area contributed by atoms with E-state index in [0.29, 0.717) is 11.4 Å². The first-order chi connectivity index (χ1) is 9.56. The molecule has 1 N–H and O–H groups in total. The number of hydrogen-bond acceptors (Lipinski definition) is 2. The quantitative estimate of drug-likeness (QED) is 0.926. The minimum Gasteiger partial charge on any atom is -0.340 e. The number of carbonyl (C=O) groups is 1. The lowest BCUT2D eigenvalue weighted by Crippen LogP contribution is -2.46. The second-order valence-electron chi connectivity index (χ2n) is 5.38. The van der Waals surface area contributed by atoms with Crippen LogP contribution in [0, 0.1) is 5.92 Å². The van der Waals surface area contributed by atoms with Crippen LogP contribution in [0.25, 0.3) is 0 Å². The second-order valence-corrected chi connectivity index (χ2v) is 6.22. The van der Waals surface area contributed by atoms with Crippen molar-refractivity contribution in [3.63, 3.8) is 0 Å². The van der Waals surface area contributed by atoms with Crippen molar-refractivity contribution >= 4 is 29.1 Å². The van der Waals surface area contributed by atoms with Gasteiger partial charge in [-0.15, -0.1) is 0 Å². The summed E-state index contributed by atoms with van der Waals surface area (Å²) >= 11 is 12.2. The summed E-state index contributed by atoms with van der Waals surface area (Å²) in [7, 11) is 0. The zero-order valence-electron chi connectivity index (χ0n) is 11.7. The lowest BCUT2D eigenvalue weighted by molar-refractivity contribution is -0.132. The third-order valence-corrected chi connectivity index (χ3v) is 4.17. The molecule has 0 aliphatic carbocycles. The van der Waals surface area contributed by atoms with Crippen LogP contribution in [0.15, 0.2) is 18.2 Å². The minimum atomic E-state index is 0.233. The molecule has 0 aromatic heterocycles. The van der Waals surface area contributed by atoms with E-state index in [1.54, 1.807) is 6.07 Å². The monoisotopic (exact) mass is 314 g/mol. The molecule has 3 nitrogen and oxygen atoms in total. The second kappa shape index (κ2) is 7.30. The van der Waals surface area contributed by atoms with Crippen molar-refractivity contribution in [1.29, 1.82) is 0 Å². The molecule has 20 heavy (non-hydrogen) atoms. The van der Waals surface area contributed by atoms with Gasteiger partial charge >= 0.3 is 0 Å². The Kier molecular flexibility index (Phi) is 5.70. The summed E-state index contributed by atoms with van der Waals surface area (Å²) in [4.78, 5) is 14.1. The normalized spacial score (nSPS) is 17.1. The lowest BCUT2D eigenvalue weighted by atomic mass is 9.97. The molecular formula is C15H20Cl2N2O. The Morgan fingerprint density at radius 2 is 2.05 bits per heavy atom. The Labute approximate surface area is 130 Å². The molecular weight excluding hydrogens is 295 g/mol. The molecule has 1 aliphatic heterocycles. The van der Waals surface area contributed by atoms with Gasteiger partial charge in [0.1, 0.15) is 0 Å². The zero-order valence-corrected chi connectivity index (χ0v) is 13.2.